The molecule has 0 spiro atoms. The second-order valence-corrected chi connectivity index (χ2v) is 13.9. The summed E-state index contributed by atoms with van der Waals surface area (Å²) in [5.74, 6) is 0. The summed E-state index contributed by atoms with van der Waals surface area (Å²) in [6.07, 6.45) is 0. The average molecular weight is 497 g/mol. The third kappa shape index (κ3) is 22.1. The second kappa shape index (κ2) is 14.5. The molecular formula is C24H52O8Si. The number of rotatable bonds is 16. The smallest absolute Gasteiger partial charge is 0.374 e. The SMILES string of the molecule is CC(C)(C)OCCO[Si](OCCOC(C)(C)C)(OCCOC(C)(C)C)OCCOC(C)(C)C. The molecule has 0 unspecified atom stereocenters. The molecule has 33 heavy (non-hydrogen) atoms. The third-order valence-corrected chi connectivity index (χ3v) is 5.82. The fourth-order valence-electron chi connectivity index (χ4n) is 2.31. The Kier molecular flexibility index (Phi) is 14.4. The first-order valence-corrected chi connectivity index (χ1v) is 13.6. The minimum absolute atomic E-state index is 0.266. The van der Waals surface area contributed by atoms with Gasteiger partial charge in [0, 0.05) is 0 Å². The van der Waals surface area contributed by atoms with Gasteiger partial charge >= 0.3 is 9.05 Å². The first-order valence-electron chi connectivity index (χ1n) is 11.9. The molecule has 200 valence electrons. The maximum Gasteiger partial charge on any atom is 0.680 e. The molecule has 0 aromatic carbocycles. The highest BCUT2D eigenvalue weighted by atomic mass is 28.4. The molecule has 0 aliphatic heterocycles. The molecule has 9 heteroatoms. The lowest BCUT2D eigenvalue weighted by molar-refractivity contribution is -0.0997. The van der Waals surface area contributed by atoms with Crippen molar-refractivity contribution in [1.29, 1.82) is 0 Å². The molecule has 0 aliphatic carbocycles. The van der Waals surface area contributed by atoms with Gasteiger partial charge in [-0.1, -0.05) is 0 Å². The Morgan fingerprint density at radius 2 is 0.515 bits per heavy atom. The maximum atomic E-state index is 6.10. The zero-order chi connectivity index (χ0) is 25.8. The second-order valence-electron chi connectivity index (χ2n) is 11.7. The Labute approximate surface area is 204 Å². The predicted molar refractivity (Wildman–Crippen MR) is 132 cm³/mol. The van der Waals surface area contributed by atoms with Crippen LogP contribution in [0, 0.1) is 0 Å². The first-order chi connectivity index (χ1) is 14.8. The molecule has 0 heterocycles. The molecule has 0 rings (SSSR count). The van der Waals surface area contributed by atoms with Crippen molar-refractivity contribution in [2.24, 2.45) is 0 Å². The van der Waals surface area contributed by atoms with Gasteiger partial charge in [-0.15, -0.1) is 0 Å². The van der Waals surface area contributed by atoms with Crippen molar-refractivity contribution >= 4 is 9.05 Å². The van der Waals surface area contributed by atoms with Crippen LogP contribution in [0.1, 0.15) is 83.1 Å². The van der Waals surface area contributed by atoms with Gasteiger partial charge in [0.2, 0.25) is 0 Å². The molecule has 8 nitrogen and oxygen atoms in total. The Morgan fingerprint density at radius 1 is 0.333 bits per heavy atom. The Morgan fingerprint density at radius 3 is 0.667 bits per heavy atom. The van der Waals surface area contributed by atoms with Crippen molar-refractivity contribution in [3.05, 3.63) is 0 Å². The van der Waals surface area contributed by atoms with Crippen LogP contribution < -0.4 is 0 Å². The van der Waals surface area contributed by atoms with Crippen LogP contribution >= 0.6 is 0 Å². The van der Waals surface area contributed by atoms with E-state index in [1.165, 1.54) is 0 Å². The van der Waals surface area contributed by atoms with E-state index < -0.39 is 9.05 Å². The molecule has 0 saturated carbocycles. The zero-order valence-electron chi connectivity index (χ0n) is 23.4. The van der Waals surface area contributed by atoms with E-state index in [1.54, 1.807) is 0 Å². The molecule has 0 aromatic rings. The van der Waals surface area contributed by atoms with Crippen molar-refractivity contribution in [2.75, 3.05) is 52.9 Å². The summed E-state index contributed by atoms with van der Waals surface area (Å²) in [6.45, 7) is 26.7. The molecular weight excluding hydrogens is 444 g/mol. The van der Waals surface area contributed by atoms with E-state index in [-0.39, 0.29) is 48.8 Å². The van der Waals surface area contributed by atoms with Gasteiger partial charge < -0.3 is 36.7 Å². The van der Waals surface area contributed by atoms with Gasteiger partial charge in [0.15, 0.2) is 0 Å². The Bertz CT molecular complexity index is 407. The van der Waals surface area contributed by atoms with Crippen LogP contribution in [-0.2, 0) is 36.7 Å². The number of hydrogen-bond acceptors (Lipinski definition) is 8. The van der Waals surface area contributed by atoms with Gasteiger partial charge in [-0.25, -0.2) is 0 Å². The molecule has 0 amide bonds. The van der Waals surface area contributed by atoms with Crippen molar-refractivity contribution in [3.8, 4) is 0 Å². The van der Waals surface area contributed by atoms with Gasteiger partial charge in [-0.3, -0.25) is 0 Å². The van der Waals surface area contributed by atoms with Crippen LogP contribution in [0.25, 0.3) is 0 Å². The van der Waals surface area contributed by atoms with E-state index in [0.717, 1.165) is 0 Å². The summed E-state index contributed by atoms with van der Waals surface area (Å²) >= 11 is 0. The van der Waals surface area contributed by atoms with E-state index in [4.69, 9.17) is 36.7 Å². The van der Waals surface area contributed by atoms with Crippen LogP contribution in [0.4, 0.5) is 0 Å². The van der Waals surface area contributed by atoms with E-state index in [1.807, 2.05) is 83.1 Å². The van der Waals surface area contributed by atoms with Crippen molar-refractivity contribution in [1.82, 2.24) is 0 Å². The summed E-state index contributed by atoms with van der Waals surface area (Å²) in [5.41, 5.74) is -1.06. The quantitative estimate of drug-likeness (QED) is 0.224. The van der Waals surface area contributed by atoms with E-state index in [0.29, 0.717) is 26.4 Å². The highest BCUT2D eigenvalue weighted by Gasteiger charge is 2.46. The molecule has 0 N–H and O–H groups in total. The Balaban J connectivity index is 5.17. The lowest BCUT2D eigenvalue weighted by Gasteiger charge is -2.30. The van der Waals surface area contributed by atoms with E-state index >= 15 is 0 Å². The summed E-state index contributed by atoms with van der Waals surface area (Å²) in [7, 11) is -3.50. The maximum absolute atomic E-state index is 6.10. The summed E-state index contributed by atoms with van der Waals surface area (Å²) in [6, 6.07) is 0. The third-order valence-electron chi connectivity index (χ3n) is 3.59. The minimum Gasteiger partial charge on any atom is -0.374 e. The fraction of sp³-hybridized carbons (Fsp3) is 1.00. The molecule has 0 atom stereocenters. The highest BCUT2D eigenvalue weighted by Crippen LogP contribution is 2.16. The van der Waals surface area contributed by atoms with Crippen molar-refractivity contribution in [3.63, 3.8) is 0 Å². The molecule has 0 aliphatic rings. The first kappa shape index (κ1) is 32.9. The van der Waals surface area contributed by atoms with Crippen LogP contribution in [0.15, 0.2) is 0 Å². The molecule has 0 fully saturated rings. The fourth-order valence-corrected chi connectivity index (χ4v) is 4.14. The normalized spacial score (nSPS) is 14.2. The molecule has 0 saturated heterocycles. The number of hydrogen-bond donors (Lipinski definition) is 0. The van der Waals surface area contributed by atoms with Crippen LogP contribution in [0.3, 0.4) is 0 Å². The van der Waals surface area contributed by atoms with E-state index in [9.17, 15) is 0 Å². The summed E-state index contributed by atoms with van der Waals surface area (Å²) in [4.78, 5) is 0. The zero-order valence-corrected chi connectivity index (χ0v) is 24.4. The predicted octanol–water partition coefficient (Wildman–Crippen LogP) is 4.75. The Hall–Kier alpha value is -0.103. The topological polar surface area (TPSA) is 73.8 Å². The van der Waals surface area contributed by atoms with Gasteiger partial charge in [0.25, 0.3) is 0 Å². The largest absolute Gasteiger partial charge is 0.680 e. The van der Waals surface area contributed by atoms with Crippen LogP contribution in [0.5, 0.6) is 0 Å². The minimum atomic E-state index is -3.50. The van der Waals surface area contributed by atoms with Crippen LogP contribution in [-0.4, -0.2) is 84.3 Å². The summed E-state index contributed by atoms with van der Waals surface area (Å²) < 4.78 is 47.6. The van der Waals surface area contributed by atoms with Crippen molar-refractivity contribution in [2.45, 2.75) is 105 Å². The average Bonchev–Trinajstić information content (AvgIpc) is 2.60. The van der Waals surface area contributed by atoms with E-state index in [2.05, 4.69) is 0 Å². The monoisotopic (exact) mass is 496 g/mol. The van der Waals surface area contributed by atoms with Gasteiger partial charge in [-0.2, -0.15) is 0 Å². The highest BCUT2D eigenvalue weighted by molar-refractivity contribution is 6.53. The summed E-state index contributed by atoms with van der Waals surface area (Å²) in [5, 5.41) is 0. The standard InChI is InChI=1S/C24H52O8Si/c1-21(2,3)25-13-17-29-33(30-18-14-26-22(4,5)6,31-19-15-27-23(7,8)9)32-20-16-28-24(10,11)12/h13-20H2,1-12H3. The molecule has 0 radical (unpaired) electrons. The van der Waals surface area contributed by atoms with Crippen LogP contribution in [0.2, 0.25) is 0 Å². The van der Waals surface area contributed by atoms with Gasteiger partial charge in [0.1, 0.15) is 0 Å². The molecule has 0 aromatic heterocycles. The lowest BCUT2D eigenvalue weighted by atomic mass is 10.2. The lowest BCUT2D eigenvalue weighted by Crippen LogP contribution is -2.52. The van der Waals surface area contributed by atoms with Crippen molar-refractivity contribution < 1.29 is 36.7 Å². The number of ether oxygens (including phenoxy) is 4. The van der Waals surface area contributed by atoms with Gasteiger partial charge in [0.05, 0.1) is 75.3 Å². The van der Waals surface area contributed by atoms with Gasteiger partial charge in [-0.05, 0) is 83.1 Å². The molecule has 0 bridgehead atoms.